The Labute approximate surface area is 337 Å². The van der Waals surface area contributed by atoms with Gasteiger partial charge in [-0.1, -0.05) is 0 Å². The van der Waals surface area contributed by atoms with Crippen LogP contribution >= 0.6 is 0 Å². The predicted molar refractivity (Wildman–Crippen MR) is 207 cm³/mol. The maximum Gasteiger partial charge on any atom is -1.00 e. The van der Waals surface area contributed by atoms with Crippen molar-refractivity contribution in [2.24, 2.45) is 0 Å². The number of hydrogen-bond donors (Lipinski definition) is 0. The third-order valence-electron chi connectivity index (χ3n) is 10.5. The largest absolute Gasteiger partial charge is 1.00 e. The van der Waals surface area contributed by atoms with E-state index in [4.69, 9.17) is 0 Å². The zero-order valence-electron chi connectivity index (χ0n) is 30.7. The molecule has 0 saturated heterocycles. The van der Waals surface area contributed by atoms with E-state index in [2.05, 4.69) is 187 Å². The molecule has 6 aromatic rings. The second-order valence-electron chi connectivity index (χ2n) is 15.9. The molecule has 0 aromatic heterocycles. The second kappa shape index (κ2) is 14.6. The molecule has 0 fully saturated rings. The topological polar surface area (TPSA) is 0 Å². The molecule has 2 aliphatic rings. The van der Waals surface area contributed by atoms with E-state index in [0.29, 0.717) is 0 Å². The number of hydrogen-bond acceptors (Lipinski definition) is 0. The van der Waals surface area contributed by atoms with Crippen molar-refractivity contribution in [2.45, 2.75) is 58.3 Å². The van der Waals surface area contributed by atoms with E-state index in [1.165, 1.54) is 111 Å². The van der Waals surface area contributed by atoms with Crippen molar-refractivity contribution in [2.75, 3.05) is 0 Å². The molecule has 0 N–H and O–H groups in total. The van der Waals surface area contributed by atoms with Gasteiger partial charge in [-0.2, -0.15) is 0 Å². The molecule has 6 aromatic carbocycles. The molecule has 0 nitrogen and oxygen atoms in total. The molecule has 257 valence electrons. The summed E-state index contributed by atoms with van der Waals surface area (Å²) >= 11 is 1.45. The van der Waals surface area contributed by atoms with Crippen molar-refractivity contribution in [1.82, 2.24) is 0 Å². The molecule has 0 aliphatic heterocycles. The summed E-state index contributed by atoms with van der Waals surface area (Å²) in [4.78, 5) is 0. The molecule has 0 spiro atoms. The van der Waals surface area contributed by atoms with E-state index in [-0.39, 0.29) is 41.6 Å². The maximum atomic E-state index is 2.58. The van der Waals surface area contributed by atoms with Crippen molar-refractivity contribution in [1.29, 1.82) is 0 Å². The van der Waals surface area contributed by atoms with Gasteiger partial charge in [-0.3, -0.25) is 0 Å². The Morgan fingerprint density at radius 3 is 1.67 bits per heavy atom. The Morgan fingerprint density at radius 1 is 0.538 bits per heavy atom. The van der Waals surface area contributed by atoms with Crippen LogP contribution in [-0.4, -0.2) is 0 Å². The van der Waals surface area contributed by atoms with Crippen LogP contribution in [0.1, 0.15) is 97.5 Å². The minimum atomic E-state index is -0.144. The van der Waals surface area contributed by atoms with Crippen LogP contribution in [-0.2, 0) is 35.5 Å². The molecule has 0 amide bonds. The molecule has 1 atom stereocenters. The SMILES string of the molecule is CC(C)(C)c1ccc2c(c1)[C]([Zr+2])=c1c-2cc(=C(c2ccccc2)c2ccccc2)c(C(C)(C)C)c1C1C=C(c2ccccc2)c2ccccc21.[Cl-].[Cl-]. The molecule has 3 heteroatoms. The fourth-order valence-corrected chi connectivity index (χ4v) is 9.41. The van der Waals surface area contributed by atoms with E-state index in [1.54, 1.807) is 0 Å². The van der Waals surface area contributed by atoms with Crippen molar-refractivity contribution in [3.63, 3.8) is 0 Å². The normalized spacial score (nSPS) is 14.4. The van der Waals surface area contributed by atoms with Crippen LogP contribution in [0, 0.1) is 0 Å². The van der Waals surface area contributed by atoms with Gasteiger partial charge in [0.15, 0.2) is 0 Å². The summed E-state index contributed by atoms with van der Waals surface area (Å²) in [6.07, 6.45) is 2.58. The number of benzene rings is 6. The molecular formula is C49H43Cl2Zr. The van der Waals surface area contributed by atoms with Crippen LogP contribution in [0.25, 0.3) is 25.6 Å². The Hall–Kier alpha value is -3.74. The average Bonchev–Trinajstić information content (AvgIpc) is 3.63. The standard InChI is InChI=1S/C49H43.2ClH.Zr/c1-48(2,3)36-26-27-37-35(28-36)29-42-41(37)31-44(45(33-20-12-8-13-21-33)34-22-14-9-15-23-34)47(49(4,5)6)46(42)43-30-40(32-18-10-7-11-19-32)38-24-16-17-25-39(38)43;;;/h7-28,30-31,43H,1-6H3;2*1H;/q;;;+2/p-2. The number of rotatable bonds is 4. The van der Waals surface area contributed by atoms with Gasteiger partial charge < -0.3 is 24.8 Å². The molecule has 0 heterocycles. The molecule has 8 rings (SSSR count). The van der Waals surface area contributed by atoms with E-state index in [0.717, 1.165) is 0 Å². The first-order chi connectivity index (χ1) is 24.0. The van der Waals surface area contributed by atoms with Crippen molar-refractivity contribution < 1.29 is 49.5 Å². The Bertz CT molecular complexity index is 2390. The van der Waals surface area contributed by atoms with Gasteiger partial charge in [0.2, 0.25) is 0 Å². The smallest absolute Gasteiger partial charge is 1.00 e. The molecule has 0 radical (unpaired) electrons. The molecule has 2 aliphatic carbocycles. The number of halogens is 2. The van der Waals surface area contributed by atoms with Gasteiger partial charge in [-0.05, 0) is 0 Å². The van der Waals surface area contributed by atoms with Gasteiger partial charge in [0, 0.05) is 0 Å². The second-order valence-corrected chi connectivity index (χ2v) is 17.1. The van der Waals surface area contributed by atoms with Crippen LogP contribution in [0.4, 0.5) is 0 Å². The minimum Gasteiger partial charge on any atom is -1.00 e. The molecule has 0 saturated carbocycles. The van der Waals surface area contributed by atoms with Crippen molar-refractivity contribution in [3.8, 4) is 11.1 Å². The van der Waals surface area contributed by atoms with Gasteiger partial charge in [0.25, 0.3) is 0 Å². The third-order valence-corrected chi connectivity index (χ3v) is 11.8. The van der Waals surface area contributed by atoms with Crippen LogP contribution in [0.5, 0.6) is 0 Å². The zero-order chi connectivity index (χ0) is 34.8. The maximum absolute atomic E-state index is 2.58. The molecular weight excluding hydrogens is 751 g/mol. The summed E-state index contributed by atoms with van der Waals surface area (Å²) in [7, 11) is 0. The third kappa shape index (κ3) is 6.55. The summed E-state index contributed by atoms with van der Waals surface area (Å²) in [6.45, 7) is 14.2. The van der Waals surface area contributed by atoms with Crippen molar-refractivity contribution in [3.05, 3.63) is 206 Å². The molecule has 52 heavy (non-hydrogen) atoms. The van der Waals surface area contributed by atoms with Gasteiger partial charge in [0.05, 0.1) is 0 Å². The summed E-state index contributed by atoms with van der Waals surface area (Å²) in [6, 6.07) is 52.0. The Balaban J connectivity index is 0.00000232. The van der Waals surface area contributed by atoms with Gasteiger partial charge in [0.1, 0.15) is 0 Å². The monoisotopic (exact) mass is 791 g/mol. The number of fused-ring (bicyclic) bond motifs is 4. The van der Waals surface area contributed by atoms with E-state index in [1.807, 2.05) is 0 Å². The molecule has 0 bridgehead atoms. The summed E-state index contributed by atoms with van der Waals surface area (Å²) in [5, 5.41) is 2.78. The van der Waals surface area contributed by atoms with Gasteiger partial charge in [-0.25, -0.2) is 0 Å². The van der Waals surface area contributed by atoms with Crippen molar-refractivity contribution >= 4 is 14.4 Å². The van der Waals surface area contributed by atoms with Crippen LogP contribution in [0.2, 0.25) is 0 Å². The first kappa shape index (κ1) is 38.0. The first-order valence-electron chi connectivity index (χ1n) is 17.8. The average molecular weight is 794 g/mol. The van der Waals surface area contributed by atoms with E-state index in [9.17, 15) is 0 Å². The van der Waals surface area contributed by atoms with Crippen LogP contribution in [0.15, 0.2) is 146 Å². The van der Waals surface area contributed by atoms with Crippen LogP contribution < -0.4 is 35.3 Å². The first-order valence-corrected chi connectivity index (χ1v) is 19.1. The minimum absolute atomic E-state index is 0. The Kier molecular flexibility index (Phi) is 10.7. The van der Waals surface area contributed by atoms with Gasteiger partial charge >= 0.3 is 315 Å². The quantitative estimate of drug-likeness (QED) is 0.241. The number of allylic oxidation sites excluding steroid dienone is 1. The van der Waals surface area contributed by atoms with E-state index >= 15 is 0 Å². The fraction of sp³-hybridized carbons (Fsp3) is 0.184. The predicted octanol–water partition coefficient (Wildman–Crippen LogP) is 4.80. The van der Waals surface area contributed by atoms with Gasteiger partial charge in [-0.15, -0.1) is 0 Å². The molecule has 1 unspecified atom stereocenters. The van der Waals surface area contributed by atoms with E-state index < -0.39 is 0 Å². The summed E-state index contributed by atoms with van der Waals surface area (Å²) in [5.41, 5.74) is 17.5. The Morgan fingerprint density at radius 2 is 1.10 bits per heavy atom. The summed E-state index contributed by atoms with van der Waals surface area (Å²) < 4.78 is 1.47. The zero-order valence-corrected chi connectivity index (χ0v) is 34.7. The van der Waals surface area contributed by atoms with Crippen LogP contribution in [0.3, 0.4) is 0 Å². The fourth-order valence-electron chi connectivity index (χ4n) is 8.24. The summed E-state index contributed by atoms with van der Waals surface area (Å²) in [5.74, 6) is 0.115.